The predicted molar refractivity (Wildman–Crippen MR) is 124 cm³/mol. The Labute approximate surface area is 185 Å². The Hall–Kier alpha value is -2.74. The summed E-state index contributed by atoms with van der Waals surface area (Å²) in [5.74, 6) is 0.611. The molecule has 1 heterocycles. The van der Waals surface area contributed by atoms with Crippen LogP contribution in [0.5, 0.6) is 5.75 Å². The maximum Gasteiger partial charge on any atom is 0.246 e. The van der Waals surface area contributed by atoms with Crippen LogP contribution in [0, 0.1) is 13.8 Å². The van der Waals surface area contributed by atoms with Gasteiger partial charge in [0.1, 0.15) is 11.8 Å². The van der Waals surface area contributed by atoms with Gasteiger partial charge in [0.25, 0.3) is 0 Å². The Bertz CT molecular complexity index is 1050. The van der Waals surface area contributed by atoms with Crippen molar-refractivity contribution in [2.75, 3.05) is 48.7 Å². The molecule has 1 aliphatic heterocycles. The molecule has 1 atom stereocenters. The van der Waals surface area contributed by atoms with Crippen molar-refractivity contribution in [2.45, 2.75) is 26.8 Å². The summed E-state index contributed by atoms with van der Waals surface area (Å²) in [6.45, 7) is 7.78. The Kier molecular flexibility index (Phi) is 6.79. The van der Waals surface area contributed by atoms with E-state index in [1.165, 1.54) is 4.31 Å². The molecule has 1 amide bonds. The molecule has 31 heavy (non-hydrogen) atoms. The number of hydrogen-bond donors (Lipinski definition) is 0. The molecule has 0 aliphatic carbocycles. The van der Waals surface area contributed by atoms with Gasteiger partial charge in [0.15, 0.2) is 0 Å². The molecule has 7 nitrogen and oxygen atoms in total. The third-order valence-electron chi connectivity index (χ3n) is 5.69. The van der Waals surface area contributed by atoms with Gasteiger partial charge in [-0.15, -0.1) is 0 Å². The van der Waals surface area contributed by atoms with Gasteiger partial charge in [-0.2, -0.15) is 0 Å². The first-order valence-electron chi connectivity index (χ1n) is 10.4. The number of anilines is 2. The van der Waals surface area contributed by atoms with Crippen molar-refractivity contribution in [1.29, 1.82) is 0 Å². The van der Waals surface area contributed by atoms with Crippen LogP contribution in [-0.2, 0) is 14.8 Å². The van der Waals surface area contributed by atoms with Gasteiger partial charge >= 0.3 is 0 Å². The van der Waals surface area contributed by atoms with Crippen molar-refractivity contribution >= 4 is 27.3 Å². The minimum absolute atomic E-state index is 0.189. The highest BCUT2D eigenvalue weighted by atomic mass is 32.2. The molecule has 0 spiro atoms. The summed E-state index contributed by atoms with van der Waals surface area (Å²) in [4.78, 5) is 17.2. The van der Waals surface area contributed by atoms with Gasteiger partial charge in [0.2, 0.25) is 15.9 Å². The molecule has 3 rings (SSSR count). The number of methoxy groups -OCH3 is 1. The third kappa shape index (κ3) is 4.95. The van der Waals surface area contributed by atoms with Crippen LogP contribution in [0.3, 0.4) is 0 Å². The van der Waals surface area contributed by atoms with Crippen LogP contribution in [0.2, 0.25) is 0 Å². The highest BCUT2D eigenvalue weighted by molar-refractivity contribution is 7.92. The van der Waals surface area contributed by atoms with Crippen LogP contribution in [0.25, 0.3) is 0 Å². The van der Waals surface area contributed by atoms with Crippen molar-refractivity contribution in [3.8, 4) is 5.75 Å². The third-order valence-corrected chi connectivity index (χ3v) is 6.91. The van der Waals surface area contributed by atoms with E-state index < -0.39 is 16.1 Å². The number of benzene rings is 2. The molecule has 2 aromatic carbocycles. The molecule has 1 saturated heterocycles. The number of aryl methyl sites for hydroxylation is 2. The summed E-state index contributed by atoms with van der Waals surface area (Å²) in [5, 5.41) is 0. The Morgan fingerprint density at radius 1 is 1.06 bits per heavy atom. The van der Waals surface area contributed by atoms with Gasteiger partial charge in [-0.1, -0.05) is 24.3 Å². The number of carbonyl (C=O) groups excluding carboxylic acids is 1. The number of hydrogen-bond acceptors (Lipinski definition) is 5. The molecule has 0 bridgehead atoms. The van der Waals surface area contributed by atoms with E-state index in [0.717, 1.165) is 28.8 Å². The van der Waals surface area contributed by atoms with E-state index in [1.807, 2.05) is 56.3 Å². The maximum absolute atomic E-state index is 13.3. The smallest absolute Gasteiger partial charge is 0.246 e. The first-order valence-corrected chi connectivity index (χ1v) is 12.2. The summed E-state index contributed by atoms with van der Waals surface area (Å²) in [6, 6.07) is 12.6. The second kappa shape index (κ2) is 9.18. The zero-order valence-electron chi connectivity index (χ0n) is 18.8. The monoisotopic (exact) mass is 445 g/mol. The number of amides is 1. The molecule has 0 radical (unpaired) electrons. The zero-order valence-corrected chi connectivity index (χ0v) is 19.6. The van der Waals surface area contributed by atoms with Crippen molar-refractivity contribution in [3.63, 3.8) is 0 Å². The zero-order chi connectivity index (χ0) is 22.8. The Balaban J connectivity index is 1.78. The van der Waals surface area contributed by atoms with Crippen LogP contribution in [0.15, 0.2) is 42.5 Å². The van der Waals surface area contributed by atoms with E-state index in [0.29, 0.717) is 31.9 Å². The number of para-hydroxylation sites is 2. The standard InChI is InChI=1S/C23H31N3O4S/c1-17-10-11-18(2)21(16-17)26(31(5,28)29)19(3)23(27)25-14-12-24(13-15-25)20-8-6-7-9-22(20)30-4/h6-11,16,19H,12-15H2,1-5H3/t19-/m0/s1. The Morgan fingerprint density at radius 2 is 1.71 bits per heavy atom. The first-order chi connectivity index (χ1) is 14.6. The van der Waals surface area contributed by atoms with Crippen molar-refractivity contribution < 1.29 is 17.9 Å². The molecule has 2 aromatic rings. The van der Waals surface area contributed by atoms with E-state index in [9.17, 15) is 13.2 Å². The number of sulfonamides is 1. The lowest BCUT2D eigenvalue weighted by molar-refractivity contribution is -0.132. The van der Waals surface area contributed by atoms with Crippen LogP contribution < -0.4 is 13.9 Å². The number of rotatable bonds is 6. The normalized spacial score (nSPS) is 15.5. The molecule has 1 aliphatic rings. The van der Waals surface area contributed by atoms with E-state index in [1.54, 1.807) is 18.9 Å². The SMILES string of the molecule is COc1ccccc1N1CCN(C(=O)[C@H](C)N(c2cc(C)ccc2C)S(C)(=O)=O)CC1. The van der Waals surface area contributed by atoms with Gasteiger partial charge in [0, 0.05) is 26.2 Å². The highest BCUT2D eigenvalue weighted by Crippen LogP contribution is 2.30. The van der Waals surface area contributed by atoms with Crippen molar-refractivity contribution in [1.82, 2.24) is 4.90 Å². The maximum atomic E-state index is 13.3. The molecule has 0 N–H and O–H groups in total. The summed E-state index contributed by atoms with van der Waals surface area (Å²) >= 11 is 0. The van der Waals surface area contributed by atoms with Crippen molar-refractivity contribution in [2.24, 2.45) is 0 Å². The molecular formula is C23H31N3O4S. The summed E-state index contributed by atoms with van der Waals surface area (Å²) in [7, 11) is -2.00. The lowest BCUT2D eigenvalue weighted by Crippen LogP contribution is -2.55. The van der Waals surface area contributed by atoms with Crippen LogP contribution >= 0.6 is 0 Å². The molecule has 0 saturated carbocycles. The van der Waals surface area contributed by atoms with Gasteiger partial charge in [-0.25, -0.2) is 8.42 Å². The average molecular weight is 446 g/mol. The summed E-state index contributed by atoms with van der Waals surface area (Å²) in [5.41, 5.74) is 3.31. The second-order valence-electron chi connectivity index (χ2n) is 8.01. The molecule has 168 valence electrons. The predicted octanol–water partition coefficient (Wildman–Crippen LogP) is 2.82. The van der Waals surface area contributed by atoms with E-state index in [-0.39, 0.29) is 5.91 Å². The topological polar surface area (TPSA) is 70.2 Å². The highest BCUT2D eigenvalue weighted by Gasteiger charge is 2.34. The van der Waals surface area contributed by atoms with Crippen molar-refractivity contribution in [3.05, 3.63) is 53.6 Å². The summed E-state index contributed by atoms with van der Waals surface area (Å²) < 4.78 is 32.0. The lowest BCUT2D eigenvalue weighted by atomic mass is 10.1. The lowest BCUT2D eigenvalue weighted by Gasteiger charge is -2.39. The first kappa shape index (κ1) is 22.9. The fraction of sp³-hybridized carbons (Fsp3) is 0.435. The van der Waals surface area contributed by atoms with Gasteiger partial charge < -0.3 is 14.5 Å². The number of nitrogens with zero attached hydrogens (tertiary/aromatic N) is 3. The van der Waals surface area contributed by atoms with Gasteiger partial charge in [-0.05, 0) is 50.1 Å². The average Bonchev–Trinajstić information content (AvgIpc) is 2.75. The summed E-state index contributed by atoms with van der Waals surface area (Å²) in [6.07, 6.45) is 1.15. The van der Waals surface area contributed by atoms with Crippen LogP contribution in [0.4, 0.5) is 11.4 Å². The van der Waals surface area contributed by atoms with Gasteiger partial charge in [-0.3, -0.25) is 9.10 Å². The minimum Gasteiger partial charge on any atom is -0.495 e. The second-order valence-corrected chi connectivity index (χ2v) is 9.87. The largest absolute Gasteiger partial charge is 0.495 e. The van der Waals surface area contributed by atoms with E-state index in [2.05, 4.69) is 4.90 Å². The van der Waals surface area contributed by atoms with Crippen LogP contribution in [0.1, 0.15) is 18.1 Å². The quantitative estimate of drug-likeness (QED) is 0.684. The fourth-order valence-corrected chi connectivity index (χ4v) is 5.27. The molecule has 1 fully saturated rings. The van der Waals surface area contributed by atoms with Gasteiger partial charge in [0.05, 0.1) is 24.7 Å². The number of piperazine rings is 1. The van der Waals surface area contributed by atoms with E-state index in [4.69, 9.17) is 4.74 Å². The Morgan fingerprint density at radius 3 is 2.32 bits per heavy atom. The molecular weight excluding hydrogens is 414 g/mol. The minimum atomic E-state index is -3.64. The number of carbonyl (C=O) groups is 1. The van der Waals surface area contributed by atoms with E-state index >= 15 is 0 Å². The fourth-order valence-electron chi connectivity index (χ4n) is 4.05. The molecule has 0 aromatic heterocycles. The van der Waals surface area contributed by atoms with Crippen LogP contribution in [-0.4, -0.2) is 64.8 Å². The molecule has 8 heteroatoms. The number of ether oxygens (including phenoxy) is 1. The molecule has 0 unspecified atom stereocenters.